The predicted molar refractivity (Wildman–Crippen MR) is 78.7 cm³/mol. The smallest absolute Gasteiger partial charge is 0.265 e. The molecular formula is C11H16ClN5OS. The van der Waals surface area contributed by atoms with Crippen molar-refractivity contribution in [3.8, 4) is 0 Å². The number of hydrogen-bond acceptors (Lipinski definition) is 6. The fraction of sp³-hybridized carbons (Fsp3) is 0.455. The molecule has 2 rings (SSSR count). The maximum absolute atomic E-state index is 11.9. The Kier molecular flexibility index (Phi) is 4.28. The van der Waals surface area contributed by atoms with Crippen LogP contribution < -0.4 is 21.7 Å². The van der Waals surface area contributed by atoms with E-state index in [1.807, 2.05) is 4.90 Å². The van der Waals surface area contributed by atoms with Crippen LogP contribution in [0.4, 0.5) is 10.9 Å². The molecule has 0 saturated carbocycles. The van der Waals surface area contributed by atoms with Crippen molar-refractivity contribution in [1.29, 1.82) is 0 Å². The molecule has 5 N–H and O–H groups in total. The van der Waals surface area contributed by atoms with Crippen molar-refractivity contribution in [3.05, 3.63) is 16.5 Å². The molecule has 1 atom stereocenters. The van der Waals surface area contributed by atoms with Gasteiger partial charge in [-0.05, 0) is 6.42 Å². The van der Waals surface area contributed by atoms with Gasteiger partial charge >= 0.3 is 0 Å². The minimum Gasteiger partial charge on any atom is -0.382 e. The second-order valence-corrected chi connectivity index (χ2v) is 5.92. The Morgan fingerprint density at radius 3 is 3.00 bits per heavy atom. The third-order valence-electron chi connectivity index (χ3n) is 2.78. The standard InChI is InChI=1S/C11H16ClN5OS/c1-6(12)4-15-10(18)8-9(14)16-11(19-8)17-3-2-7(13)5-17/h7H,1-5,13-14H2,(H,15,18). The fourth-order valence-electron chi connectivity index (χ4n) is 1.84. The number of carbonyl (C=O) groups is 1. The van der Waals surface area contributed by atoms with Gasteiger partial charge in [0, 0.05) is 24.2 Å². The van der Waals surface area contributed by atoms with E-state index in [1.54, 1.807) is 0 Å². The molecular weight excluding hydrogens is 286 g/mol. The summed E-state index contributed by atoms with van der Waals surface area (Å²) in [5.41, 5.74) is 11.6. The van der Waals surface area contributed by atoms with Gasteiger partial charge in [0.15, 0.2) is 5.13 Å². The molecule has 104 valence electrons. The molecule has 2 heterocycles. The lowest BCUT2D eigenvalue weighted by atomic mass is 10.3. The van der Waals surface area contributed by atoms with E-state index >= 15 is 0 Å². The zero-order chi connectivity index (χ0) is 14.0. The third-order valence-corrected chi connectivity index (χ3v) is 4.05. The van der Waals surface area contributed by atoms with Gasteiger partial charge in [0.25, 0.3) is 5.91 Å². The first kappa shape index (κ1) is 14.1. The molecule has 1 aliphatic heterocycles. The average molecular weight is 302 g/mol. The van der Waals surface area contributed by atoms with E-state index in [1.165, 1.54) is 11.3 Å². The minimum absolute atomic E-state index is 0.155. The molecule has 0 bridgehead atoms. The van der Waals surface area contributed by atoms with Crippen LogP contribution in [0.25, 0.3) is 0 Å². The van der Waals surface area contributed by atoms with Crippen LogP contribution in [-0.4, -0.2) is 36.6 Å². The summed E-state index contributed by atoms with van der Waals surface area (Å²) in [5, 5.41) is 3.73. The second-order valence-electron chi connectivity index (χ2n) is 4.41. The van der Waals surface area contributed by atoms with Gasteiger partial charge in [0.05, 0.1) is 6.54 Å². The van der Waals surface area contributed by atoms with Crippen LogP contribution in [0.1, 0.15) is 16.1 Å². The third kappa shape index (κ3) is 3.37. The zero-order valence-corrected chi connectivity index (χ0v) is 11.9. The number of nitrogen functional groups attached to an aromatic ring is 1. The number of nitrogens with zero attached hydrogens (tertiary/aromatic N) is 2. The van der Waals surface area contributed by atoms with Crippen LogP contribution in [0.2, 0.25) is 0 Å². The SMILES string of the molecule is C=C(Cl)CNC(=O)c1sc(N2CCC(N)C2)nc1N. The number of hydrogen-bond donors (Lipinski definition) is 3. The topological polar surface area (TPSA) is 97.3 Å². The number of aromatic nitrogens is 1. The van der Waals surface area contributed by atoms with Crippen LogP contribution in [0.15, 0.2) is 11.6 Å². The number of rotatable bonds is 4. The summed E-state index contributed by atoms with van der Waals surface area (Å²) in [7, 11) is 0. The summed E-state index contributed by atoms with van der Waals surface area (Å²) in [6, 6.07) is 0.155. The Labute approximate surface area is 120 Å². The van der Waals surface area contributed by atoms with E-state index in [-0.39, 0.29) is 24.3 Å². The second kappa shape index (κ2) is 5.77. The predicted octanol–water partition coefficient (Wildman–Crippen LogP) is 0.745. The first-order valence-electron chi connectivity index (χ1n) is 5.85. The highest BCUT2D eigenvalue weighted by Crippen LogP contribution is 2.30. The van der Waals surface area contributed by atoms with E-state index in [0.717, 1.165) is 24.6 Å². The maximum Gasteiger partial charge on any atom is 0.265 e. The van der Waals surface area contributed by atoms with E-state index < -0.39 is 0 Å². The lowest BCUT2D eigenvalue weighted by Gasteiger charge is -2.12. The van der Waals surface area contributed by atoms with Gasteiger partial charge in [-0.2, -0.15) is 0 Å². The number of thiazole rings is 1. The molecule has 0 aromatic carbocycles. The van der Waals surface area contributed by atoms with Gasteiger partial charge in [-0.1, -0.05) is 29.5 Å². The highest BCUT2D eigenvalue weighted by atomic mass is 35.5. The quantitative estimate of drug-likeness (QED) is 0.762. The molecule has 1 fully saturated rings. The van der Waals surface area contributed by atoms with Crippen molar-refractivity contribution < 1.29 is 4.79 Å². The summed E-state index contributed by atoms with van der Waals surface area (Å²) in [6.45, 7) is 5.30. The summed E-state index contributed by atoms with van der Waals surface area (Å²) in [5.74, 6) is -0.0512. The zero-order valence-electron chi connectivity index (χ0n) is 10.4. The summed E-state index contributed by atoms with van der Waals surface area (Å²) >= 11 is 6.87. The Balaban J connectivity index is 2.08. The van der Waals surface area contributed by atoms with Gasteiger partial charge in [-0.3, -0.25) is 4.79 Å². The van der Waals surface area contributed by atoms with Gasteiger partial charge < -0.3 is 21.7 Å². The van der Waals surface area contributed by atoms with E-state index in [0.29, 0.717) is 9.91 Å². The van der Waals surface area contributed by atoms with Crippen molar-refractivity contribution in [2.75, 3.05) is 30.3 Å². The Hall–Kier alpha value is -1.31. The Bertz CT molecular complexity index is 503. The number of nitrogens with one attached hydrogen (secondary N) is 1. The van der Waals surface area contributed by atoms with Crippen molar-refractivity contribution in [3.63, 3.8) is 0 Å². The summed E-state index contributed by atoms with van der Waals surface area (Å²) in [4.78, 5) is 18.6. The van der Waals surface area contributed by atoms with Crippen LogP contribution >= 0.6 is 22.9 Å². The summed E-state index contributed by atoms with van der Waals surface area (Å²) in [6.07, 6.45) is 0.924. The molecule has 1 unspecified atom stereocenters. The molecule has 1 saturated heterocycles. The van der Waals surface area contributed by atoms with Crippen LogP contribution in [-0.2, 0) is 0 Å². The number of anilines is 2. The summed E-state index contributed by atoms with van der Waals surface area (Å²) < 4.78 is 0. The molecule has 6 nitrogen and oxygen atoms in total. The molecule has 1 aromatic rings. The van der Waals surface area contributed by atoms with Crippen LogP contribution in [0, 0.1) is 0 Å². The van der Waals surface area contributed by atoms with Gasteiger partial charge in [0.1, 0.15) is 10.7 Å². The van der Waals surface area contributed by atoms with Crippen LogP contribution in [0.3, 0.4) is 0 Å². The molecule has 19 heavy (non-hydrogen) atoms. The largest absolute Gasteiger partial charge is 0.382 e. The van der Waals surface area contributed by atoms with Crippen molar-refractivity contribution in [2.24, 2.45) is 5.73 Å². The molecule has 0 spiro atoms. The monoisotopic (exact) mass is 301 g/mol. The highest BCUT2D eigenvalue weighted by Gasteiger charge is 2.24. The molecule has 1 aromatic heterocycles. The normalized spacial score (nSPS) is 18.6. The van der Waals surface area contributed by atoms with E-state index in [4.69, 9.17) is 23.1 Å². The van der Waals surface area contributed by atoms with Gasteiger partial charge in [-0.25, -0.2) is 4.98 Å². The Morgan fingerprint density at radius 1 is 1.68 bits per heavy atom. The lowest BCUT2D eigenvalue weighted by Crippen LogP contribution is -2.26. The van der Waals surface area contributed by atoms with E-state index in [2.05, 4.69) is 16.9 Å². The van der Waals surface area contributed by atoms with E-state index in [9.17, 15) is 4.79 Å². The number of halogens is 1. The lowest BCUT2D eigenvalue weighted by molar-refractivity contribution is 0.0962. The highest BCUT2D eigenvalue weighted by molar-refractivity contribution is 7.18. The first-order chi connectivity index (χ1) is 8.97. The fourth-order valence-corrected chi connectivity index (χ4v) is 2.84. The number of amides is 1. The van der Waals surface area contributed by atoms with Gasteiger partial charge in [-0.15, -0.1) is 0 Å². The molecule has 8 heteroatoms. The Morgan fingerprint density at radius 2 is 2.42 bits per heavy atom. The van der Waals surface area contributed by atoms with Crippen molar-refractivity contribution >= 4 is 39.8 Å². The van der Waals surface area contributed by atoms with Crippen molar-refractivity contribution in [1.82, 2.24) is 10.3 Å². The molecule has 0 radical (unpaired) electrons. The first-order valence-corrected chi connectivity index (χ1v) is 7.05. The average Bonchev–Trinajstić information content (AvgIpc) is 2.92. The number of carbonyl (C=O) groups excluding carboxylic acids is 1. The maximum atomic E-state index is 11.9. The van der Waals surface area contributed by atoms with Crippen molar-refractivity contribution in [2.45, 2.75) is 12.5 Å². The molecule has 1 amide bonds. The van der Waals surface area contributed by atoms with Gasteiger partial charge in [0.2, 0.25) is 0 Å². The molecule has 1 aliphatic rings. The minimum atomic E-state index is -0.286. The van der Waals surface area contributed by atoms with Crippen LogP contribution in [0.5, 0.6) is 0 Å². The number of nitrogens with two attached hydrogens (primary N) is 2. The molecule has 0 aliphatic carbocycles.